The van der Waals surface area contributed by atoms with E-state index in [1.807, 2.05) is 11.8 Å². The van der Waals surface area contributed by atoms with Crippen molar-refractivity contribution in [3.63, 3.8) is 0 Å². The highest BCUT2D eigenvalue weighted by atomic mass is 16.3. The Morgan fingerprint density at radius 2 is 1.91 bits per heavy atom. The van der Waals surface area contributed by atoms with Gasteiger partial charge in [-0.05, 0) is 6.92 Å². The van der Waals surface area contributed by atoms with Crippen molar-refractivity contribution < 1.29 is 5.11 Å². The second kappa shape index (κ2) is 3.74. The predicted octanol–water partition coefficient (Wildman–Crippen LogP) is 0.0874. The molecule has 1 aliphatic heterocycles. The molecular weight excluding hydrogens is 140 g/mol. The van der Waals surface area contributed by atoms with E-state index < -0.39 is 0 Å². The second-order valence-corrected chi connectivity index (χ2v) is 2.98. The lowest BCUT2D eigenvalue weighted by Gasteiger charge is -2.34. The molecule has 1 saturated heterocycles. The number of rotatable bonds is 2. The highest BCUT2D eigenvalue weighted by molar-refractivity contribution is 4.90. The lowest BCUT2D eigenvalue weighted by molar-refractivity contribution is 0.0654. The van der Waals surface area contributed by atoms with Gasteiger partial charge in [0.1, 0.15) is 0 Å². The minimum Gasteiger partial charge on any atom is -0.381 e. The predicted molar refractivity (Wildman–Crippen MR) is 45.0 cm³/mol. The normalized spacial score (nSPS) is 20.4. The van der Waals surface area contributed by atoms with Gasteiger partial charge in [-0.15, -0.1) is 0 Å². The Bertz CT molecular complexity index is 139. The molecule has 0 aromatic rings. The Morgan fingerprint density at radius 3 is 2.27 bits per heavy atom. The second-order valence-electron chi connectivity index (χ2n) is 2.98. The highest BCUT2D eigenvalue weighted by Crippen LogP contribution is 2.05. The molecule has 0 spiro atoms. The van der Waals surface area contributed by atoms with E-state index >= 15 is 0 Å². The molecule has 0 aromatic carbocycles. The van der Waals surface area contributed by atoms with E-state index in [9.17, 15) is 0 Å². The summed E-state index contributed by atoms with van der Waals surface area (Å²) in [5.74, 6) is 0. The summed E-state index contributed by atoms with van der Waals surface area (Å²) in [5, 5.41) is 8.80. The fraction of sp³-hybridized carbons (Fsp3) is 0.750. The van der Waals surface area contributed by atoms with Crippen molar-refractivity contribution in [1.29, 1.82) is 0 Å². The fourth-order valence-corrected chi connectivity index (χ4v) is 1.27. The van der Waals surface area contributed by atoms with Gasteiger partial charge in [-0.25, -0.2) is 0 Å². The molecule has 64 valence electrons. The third kappa shape index (κ3) is 2.20. The van der Waals surface area contributed by atoms with Crippen molar-refractivity contribution in [2.45, 2.75) is 6.92 Å². The highest BCUT2D eigenvalue weighted by Gasteiger charge is 2.14. The van der Waals surface area contributed by atoms with Gasteiger partial charge in [-0.1, -0.05) is 6.58 Å². The number of aliphatic hydroxyl groups excluding tert-OH is 1. The van der Waals surface area contributed by atoms with E-state index in [0.717, 1.165) is 31.9 Å². The summed E-state index contributed by atoms with van der Waals surface area (Å²) in [7, 11) is 0. The van der Waals surface area contributed by atoms with Gasteiger partial charge in [0.2, 0.25) is 0 Å². The SMILES string of the molecule is C=C(C)N1CCN(CO)CC1. The van der Waals surface area contributed by atoms with Gasteiger partial charge in [-0.3, -0.25) is 4.90 Å². The minimum absolute atomic E-state index is 0.185. The first-order valence-electron chi connectivity index (χ1n) is 3.97. The van der Waals surface area contributed by atoms with Crippen LogP contribution in [0.1, 0.15) is 6.92 Å². The van der Waals surface area contributed by atoms with Crippen molar-refractivity contribution >= 4 is 0 Å². The zero-order chi connectivity index (χ0) is 8.27. The van der Waals surface area contributed by atoms with Crippen LogP contribution in [0.4, 0.5) is 0 Å². The van der Waals surface area contributed by atoms with Crippen molar-refractivity contribution in [1.82, 2.24) is 9.80 Å². The summed E-state index contributed by atoms with van der Waals surface area (Å²) >= 11 is 0. The molecule has 0 saturated carbocycles. The van der Waals surface area contributed by atoms with Crippen LogP contribution in [-0.4, -0.2) is 47.8 Å². The quantitative estimate of drug-likeness (QED) is 0.613. The lowest BCUT2D eigenvalue weighted by Crippen LogP contribution is -2.45. The van der Waals surface area contributed by atoms with Crippen LogP contribution >= 0.6 is 0 Å². The van der Waals surface area contributed by atoms with Gasteiger partial charge in [-0.2, -0.15) is 0 Å². The number of aliphatic hydroxyl groups is 1. The maximum Gasteiger partial charge on any atom is 0.0957 e. The maximum absolute atomic E-state index is 8.80. The molecule has 0 unspecified atom stereocenters. The van der Waals surface area contributed by atoms with Crippen molar-refractivity contribution in [3.05, 3.63) is 12.3 Å². The van der Waals surface area contributed by atoms with Crippen LogP contribution in [0.25, 0.3) is 0 Å². The molecular formula is C8H16N2O. The molecule has 1 fully saturated rings. The summed E-state index contributed by atoms with van der Waals surface area (Å²) in [6.07, 6.45) is 0. The minimum atomic E-state index is 0.185. The number of hydrogen-bond donors (Lipinski definition) is 1. The van der Waals surface area contributed by atoms with Crippen LogP contribution in [0.15, 0.2) is 12.3 Å². The molecule has 3 nitrogen and oxygen atoms in total. The van der Waals surface area contributed by atoms with Crippen LogP contribution < -0.4 is 0 Å². The van der Waals surface area contributed by atoms with Crippen LogP contribution in [0.2, 0.25) is 0 Å². The molecule has 0 atom stereocenters. The Hall–Kier alpha value is -0.540. The van der Waals surface area contributed by atoms with Crippen LogP contribution in [0.3, 0.4) is 0 Å². The first-order valence-corrected chi connectivity index (χ1v) is 3.97. The third-order valence-electron chi connectivity index (χ3n) is 2.11. The molecule has 0 aliphatic carbocycles. The number of allylic oxidation sites excluding steroid dienone is 1. The molecule has 1 rings (SSSR count). The van der Waals surface area contributed by atoms with E-state index in [1.165, 1.54) is 0 Å². The van der Waals surface area contributed by atoms with Crippen molar-refractivity contribution in [2.24, 2.45) is 0 Å². The number of hydrogen-bond acceptors (Lipinski definition) is 3. The Labute approximate surface area is 67.9 Å². The van der Waals surface area contributed by atoms with E-state index in [1.54, 1.807) is 0 Å². The molecule has 1 heterocycles. The summed E-state index contributed by atoms with van der Waals surface area (Å²) in [6, 6.07) is 0. The molecule has 0 bridgehead atoms. The average molecular weight is 156 g/mol. The Morgan fingerprint density at radius 1 is 1.36 bits per heavy atom. The topological polar surface area (TPSA) is 26.7 Å². The first kappa shape index (κ1) is 8.56. The molecule has 11 heavy (non-hydrogen) atoms. The molecule has 1 aliphatic rings. The van der Waals surface area contributed by atoms with E-state index in [0.29, 0.717) is 0 Å². The fourth-order valence-electron chi connectivity index (χ4n) is 1.27. The van der Waals surface area contributed by atoms with Gasteiger partial charge >= 0.3 is 0 Å². The largest absolute Gasteiger partial charge is 0.381 e. The summed E-state index contributed by atoms with van der Waals surface area (Å²) in [5.41, 5.74) is 1.13. The number of piperazine rings is 1. The monoisotopic (exact) mass is 156 g/mol. The summed E-state index contributed by atoms with van der Waals surface area (Å²) in [6.45, 7) is 9.97. The maximum atomic E-state index is 8.80. The van der Waals surface area contributed by atoms with E-state index in [4.69, 9.17) is 5.11 Å². The number of nitrogens with zero attached hydrogens (tertiary/aromatic N) is 2. The summed E-state index contributed by atoms with van der Waals surface area (Å²) in [4.78, 5) is 4.27. The molecule has 3 heteroatoms. The van der Waals surface area contributed by atoms with E-state index in [2.05, 4.69) is 11.5 Å². The van der Waals surface area contributed by atoms with Gasteiger partial charge in [0, 0.05) is 31.9 Å². The van der Waals surface area contributed by atoms with Crippen LogP contribution in [0, 0.1) is 0 Å². The van der Waals surface area contributed by atoms with Gasteiger partial charge in [0.25, 0.3) is 0 Å². The Balaban J connectivity index is 2.30. The van der Waals surface area contributed by atoms with E-state index in [-0.39, 0.29) is 6.73 Å². The first-order chi connectivity index (χ1) is 5.24. The zero-order valence-corrected chi connectivity index (χ0v) is 7.08. The standard InChI is InChI=1S/C8H16N2O/c1-8(2)10-5-3-9(7-11)4-6-10/h11H,1,3-7H2,2H3. The van der Waals surface area contributed by atoms with Crippen LogP contribution in [-0.2, 0) is 0 Å². The molecule has 0 amide bonds. The Kier molecular flexibility index (Phi) is 2.91. The van der Waals surface area contributed by atoms with Crippen molar-refractivity contribution in [2.75, 3.05) is 32.9 Å². The summed E-state index contributed by atoms with van der Waals surface area (Å²) < 4.78 is 0. The van der Waals surface area contributed by atoms with Crippen LogP contribution in [0.5, 0.6) is 0 Å². The molecule has 0 radical (unpaired) electrons. The lowest BCUT2D eigenvalue weighted by atomic mass is 10.3. The van der Waals surface area contributed by atoms with Gasteiger partial charge < -0.3 is 10.0 Å². The van der Waals surface area contributed by atoms with Gasteiger partial charge in [0.15, 0.2) is 0 Å². The van der Waals surface area contributed by atoms with Gasteiger partial charge in [0.05, 0.1) is 6.73 Å². The van der Waals surface area contributed by atoms with Crippen molar-refractivity contribution in [3.8, 4) is 0 Å². The molecule has 0 aromatic heterocycles. The molecule has 1 N–H and O–H groups in total. The average Bonchev–Trinajstić information content (AvgIpc) is 2.05. The smallest absolute Gasteiger partial charge is 0.0957 e. The zero-order valence-electron chi connectivity index (χ0n) is 7.08. The third-order valence-corrected chi connectivity index (χ3v) is 2.11.